The molecule has 0 spiro atoms. The van der Waals surface area contributed by atoms with Gasteiger partial charge in [0.15, 0.2) is 0 Å². The van der Waals surface area contributed by atoms with Gasteiger partial charge in [0.05, 0.1) is 0 Å². The largest absolute Gasteiger partial charge is 0.367 e. The maximum Gasteiger partial charge on any atom is 0.0381 e. The number of anilines is 1. The Labute approximate surface area is 161 Å². The van der Waals surface area contributed by atoms with Crippen molar-refractivity contribution in [2.24, 2.45) is 5.92 Å². The SMILES string of the molecule is c1cc2c(cc1N1CCN3CCC1CC3)SN([C@@H]1CN3CCC1CC3)C2. The summed E-state index contributed by atoms with van der Waals surface area (Å²) in [5.74, 6) is 0.927. The van der Waals surface area contributed by atoms with Gasteiger partial charge in [-0.05, 0) is 74.3 Å². The van der Waals surface area contributed by atoms with E-state index in [0.29, 0.717) is 0 Å². The first-order chi connectivity index (χ1) is 12.8. The highest BCUT2D eigenvalue weighted by Gasteiger charge is 2.40. The predicted octanol–water partition coefficient (Wildman–Crippen LogP) is 2.89. The van der Waals surface area contributed by atoms with E-state index in [1.807, 2.05) is 0 Å². The van der Waals surface area contributed by atoms with Crippen LogP contribution in [0.25, 0.3) is 0 Å². The molecule has 0 unspecified atom stereocenters. The molecule has 0 aliphatic carbocycles. The van der Waals surface area contributed by atoms with Crippen molar-refractivity contribution in [3.63, 3.8) is 0 Å². The lowest BCUT2D eigenvalue weighted by molar-refractivity contribution is 0.0420. The van der Waals surface area contributed by atoms with E-state index in [-0.39, 0.29) is 0 Å². The van der Waals surface area contributed by atoms with Crippen LogP contribution in [-0.4, -0.2) is 72.0 Å². The molecule has 140 valence electrons. The molecule has 7 aliphatic heterocycles. The zero-order valence-electron chi connectivity index (χ0n) is 15.6. The Bertz CT molecular complexity index is 679. The third-order valence-corrected chi connectivity index (χ3v) is 8.78. The molecule has 0 radical (unpaired) electrons. The third-order valence-electron chi connectivity index (χ3n) is 7.57. The second-order valence-electron chi connectivity index (χ2n) is 8.93. The van der Waals surface area contributed by atoms with Crippen molar-refractivity contribution in [3.8, 4) is 0 Å². The molecule has 7 aliphatic rings. The summed E-state index contributed by atoms with van der Waals surface area (Å²) in [6.07, 6.45) is 5.51. The Balaban J connectivity index is 1.22. The molecule has 1 aromatic rings. The van der Waals surface area contributed by atoms with Gasteiger partial charge in [-0.3, -0.25) is 0 Å². The smallest absolute Gasteiger partial charge is 0.0381 e. The molecular formula is C21H30N4S. The van der Waals surface area contributed by atoms with Gasteiger partial charge in [-0.2, -0.15) is 0 Å². The van der Waals surface area contributed by atoms with Crippen LogP contribution in [0.2, 0.25) is 0 Å². The van der Waals surface area contributed by atoms with E-state index >= 15 is 0 Å². The first-order valence-electron chi connectivity index (χ1n) is 10.6. The summed E-state index contributed by atoms with van der Waals surface area (Å²) in [5, 5.41) is 0. The number of fused-ring (bicyclic) bond motifs is 8. The molecule has 26 heavy (non-hydrogen) atoms. The lowest BCUT2D eigenvalue weighted by Crippen LogP contribution is -2.54. The van der Waals surface area contributed by atoms with E-state index in [1.54, 1.807) is 5.56 Å². The lowest BCUT2D eigenvalue weighted by Gasteiger charge is -2.47. The van der Waals surface area contributed by atoms with Crippen LogP contribution in [0.1, 0.15) is 31.2 Å². The fourth-order valence-electron chi connectivity index (χ4n) is 5.94. The minimum atomic E-state index is 0.760. The highest BCUT2D eigenvalue weighted by molar-refractivity contribution is 7.97. The van der Waals surface area contributed by atoms with Crippen LogP contribution in [0, 0.1) is 5.92 Å². The fourth-order valence-corrected chi connectivity index (χ4v) is 7.19. The summed E-state index contributed by atoms with van der Waals surface area (Å²) in [7, 11) is 0. The van der Waals surface area contributed by atoms with Gasteiger partial charge in [-0.1, -0.05) is 6.07 Å². The van der Waals surface area contributed by atoms with Gasteiger partial charge in [0.2, 0.25) is 0 Å². The average Bonchev–Trinajstić information content (AvgIpc) is 2.90. The number of benzene rings is 1. The van der Waals surface area contributed by atoms with Crippen LogP contribution < -0.4 is 4.90 Å². The molecule has 0 saturated carbocycles. The van der Waals surface area contributed by atoms with Gasteiger partial charge >= 0.3 is 0 Å². The first kappa shape index (κ1) is 16.2. The zero-order valence-corrected chi connectivity index (χ0v) is 16.5. The van der Waals surface area contributed by atoms with Crippen LogP contribution >= 0.6 is 11.9 Å². The highest BCUT2D eigenvalue weighted by atomic mass is 32.2. The van der Waals surface area contributed by atoms with Crippen molar-refractivity contribution in [1.82, 2.24) is 14.1 Å². The molecule has 1 aromatic carbocycles. The fraction of sp³-hybridized carbons (Fsp3) is 0.714. The summed E-state index contributed by atoms with van der Waals surface area (Å²) in [5.41, 5.74) is 3.03. The summed E-state index contributed by atoms with van der Waals surface area (Å²) in [6.45, 7) is 10.2. The number of piperidine rings is 4. The molecule has 0 aromatic heterocycles. The first-order valence-corrected chi connectivity index (χ1v) is 11.4. The minimum absolute atomic E-state index is 0.760. The quantitative estimate of drug-likeness (QED) is 0.740. The standard InChI is InChI=1S/C21H30N4S/c1-2-19(24-12-11-22-9-5-18(24)6-10-22)13-21-17(1)14-25(26-21)20-15-23-7-3-16(20)4-8-23/h1-2,13,16,18,20H,3-12,14-15H2/t20-/m1/s1. The molecule has 1 atom stereocenters. The van der Waals surface area contributed by atoms with Crippen LogP contribution in [0.3, 0.4) is 0 Å². The molecule has 4 nitrogen and oxygen atoms in total. The van der Waals surface area contributed by atoms with E-state index in [0.717, 1.165) is 24.5 Å². The van der Waals surface area contributed by atoms with E-state index in [2.05, 4.69) is 49.2 Å². The number of nitrogens with zero attached hydrogens (tertiary/aromatic N) is 4. The Morgan fingerprint density at radius 2 is 1.65 bits per heavy atom. The van der Waals surface area contributed by atoms with Crippen molar-refractivity contribution in [2.75, 3.05) is 50.7 Å². The predicted molar refractivity (Wildman–Crippen MR) is 108 cm³/mol. The molecule has 7 heterocycles. The third kappa shape index (κ3) is 2.70. The van der Waals surface area contributed by atoms with E-state index < -0.39 is 0 Å². The second kappa shape index (κ2) is 6.40. The summed E-state index contributed by atoms with van der Waals surface area (Å²) < 4.78 is 2.71. The molecule has 5 heteroatoms. The molecule has 6 fully saturated rings. The number of hydrogen-bond donors (Lipinski definition) is 0. The van der Waals surface area contributed by atoms with E-state index in [1.165, 1.54) is 82.1 Å². The van der Waals surface area contributed by atoms with Crippen LogP contribution in [-0.2, 0) is 6.54 Å². The van der Waals surface area contributed by atoms with Crippen molar-refractivity contribution < 1.29 is 0 Å². The number of rotatable bonds is 2. The Morgan fingerprint density at radius 3 is 2.42 bits per heavy atom. The van der Waals surface area contributed by atoms with Gasteiger partial charge < -0.3 is 14.7 Å². The maximum absolute atomic E-state index is 2.71. The summed E-state index contributed by atoms with van der Waals surface area (Å²) in [4.78, 5) is 9.57. The Hall–Kier alpha value is -0.750. The highest BCUT2D eigenvalue weighted by Crippen LogP contribution is 2.44. The molecule has 4 bridgehead atoms. The second-order valence-corrected chi connectivity index (χ2v) is 10.0. The minimum Gasteiger partial charge on any atom is -0.367 e. The molecule has 8 rings (SSSR count). The lowest BCUT2D eigenvalue weighted by atomic mass is 9.84. The van der Waals surface area contributed by atoms with Crippen molar-refractivity contribution >= 4 is 17.6 Å². The summed E-state index contributed by atoms with van der Waals surface area (Å²) in [6, 6.07) is 8.87. The Kier molecular flexibility index (Phi) is 4.00. The van der Waals surface area contributed by atoms with Crippen LogP contribution in [0.4, 0.5) is 5.69 Å². The maximum atomic E-state index is 2.71. The van der Waals surface area contributed by atoms with Gasteiger partial charge in [-0.15, -0.1) is 0 Å². The van der Waals surface area contributed by atoms with Gasteiger partial charge in [-0.25, -0.2) is 4.31 Å². The van der Waals surface area contributed by atoms with Gasteiger partial charge in [0.25, 0.3) is 0 Å². The Morgan fingerprint density at radius 1 is 0.846 bits per heavy atom. The average molecular weight is 371 g/mol. The van der Waals surface area contributed by atoms with Gasteiger partial charge in [0.1, 0.15) is 0 Å². The number of hydrogen-bond acceptors (Lipinski definition) is 5. The van der Waals surface area contributed by atoms with Crippen molar-refractivity contribution in [3.05, 3.63) is 23.8 Å². The molecule has 6 saturated heterocycles. The molecule has 0 N–H and O–H groups in total. The summed E-state index contributed by atoms with van der Waals surface area (Å²) >= 11 is 2.05. The van der Waals surface area contributed by atoms with Crippen molar-refractivity contribution in [2.45, 2.75) is 49.2 Å². The van der Waals surface area contributed by atoms with Crippen molar-refractivity contribution in [1.29, 1.82) is 0 Å². The van der Waals surface area contributed by atoms with E-state index in [4.69, 9.17) is 0 Å². The topological polar surface area (TPSA) is 13.0 Å². The van der Waals surface area contributed by atoms with Gasteiger partial charge in [0, 0.05) is 61.9 Å². The zero-order chi connectivity index (χ0) is 17.1. The molecular weight excluding hydrogens is 340 g/mol. The normalized spacial score (nSPS) is 39.2. The van der Waals surface area contributed by atoms with E-state index in [9.17, 15) is 0 Å². The monoisotopic (exact) mass is 370 g/mol. The molecule has 0 amide bonds. The van der Waals surface area contributed by atoms with Crippen LogP contribution in [0.15, 0.2) is 23.1 Å². The van der Waals surface area contributed by atoms with Crippen LogP contribution in [0.5, 0.6) is 0 Å².